The molecule has 3 rings (SSSR count). The fraction of sp³-hybridized carbons (Fsp3) is 0.111. The number of nitrogens with one attached hydrogen (secondary N) is 1. The maximum Gasteiger partial charge on any atom is 0.257 e. The first-order valence-corrected chi connectivity index (χ1v) is 9.62. The van der Waals surface area contributed by atoms with Crippen LogP contribution in [0.4, 0.5) is 5.69 Å². The molecule has 3 aromatic rings. The molecule has 0 saturated carbocycles. The van der Waals surface area contributed by atoms with Crippen molar-refractivity contribution in [3.8, 4) is 0 Å². The normalized spacial score (nSPS) is 11.4. The van der Waals surface area contributed by atoms with Gasteiger partial charge in [0.25, 0.3) is 5.91 Å². The SMILES string of the molecule is CCS(=O)(=O)c1ccc(Cl)cc1C(=O)Nc1cccc2ccncc12. The molecule has 5 nitrogen and oxygen atoms in total. The summed E-state index contributed by atoms with van der Waals surface area (Å²) in [5.41, 5.74) is 0.575. The maximum atomic E-state index is 12.7. The molecule has 0 fully saturated rings. The summed E-state index contributed by atoms with van der Waals surface area (Å²) in [5, 5.41) is 4.74. The number of rotatable bonds is 4. The first-order valence-electron chi connectivity index (χ1n) is 7.59. The van der Waals surface area contributed by atoms with Gasteiger partial charge >= 0.3 is 0 Å². The molecule has 0 radical (unpaired) electrons. The average molecular weight is 375 g/mol. The van der Waals surface area contributed by atoms with Crippen LogP contribution in [0.1, 0.15) is 17.3 Å². The van der Waals surface area contributed by atoms with Crippen LogP contribution in [0.5, 0.6) is 0 Å². The number of sulfone groups is 1. The summed E-state index contributed by atoms with van der Waals surface area (Å²) in [6, 6.07) is 11.5. The molecule has 0 aliphatic heterocycles. The van der Waals surface area contributed by atoms with E-state index in [4.69, 9.17) is 11.6 Å². The summed E-state index contributed by atoms with van der Waals surface area (Å²) in [7, 11) is -3.56. The molecular formula is C18H15ClN2O3S. The minimum Gasteiger partial charge on any atom is -0.321 e. The quantitative estimate of drug-likeness (QED) is 0.750. The molecule has 0 saturated heterocycles. The first kappa shape index (κ1) is 17.4. The highest BCUT2D eigenvalue weighted by Crippen LogP contribution is 2.26. The summed E-state index contributed by atoms with van der Waals surface area (Å²) in [6.07, 6.45) is 3.31. The number of pyridine rings is 1. The van der Waals surface area contributed by atoms with Crippen LogP contribution in [0, 0.1) is 0 Å². The van der Waals surface area contributed by atoms with E-state index in [1.807, 2.05) is 12.1 Å². The third-order valence-corrected chi connectivity index (χ3v) is 5.85. The van der Waals surface area contributed by atoms with Crippen LogP contribution in [-0.2, 0) is 9.84 Å². The molecule has 1 amide bonds. The zero-order chi connectivity index (χ0) is 18.0. The highest BCUT2D eigenvalue weighted by atomic mass is 35.5. The maximum absolute atomic E-state index is 12.7. The van der Waals surface area contributed by atoms with Gasteiger partial charge in [0.15, 0.2) is 9.84 Å². The van der Waals surface area contributed by atoms with Gasteiger partial charge in [-0.05, 0) is 35.7 Å². The van der Waals surface area contributed by atoms with Gasteiger partial charge in [-0.1, -0.05) is 30.7 Å². The highest BCUT2D eigenvalue weighted by Gasteiger charge is 2.22. The van der Waals surface area contributed by atoms with Crippen LogP contribution in [-0.4, -0.2) is 25.1 Å². The number of carbonyl (C=O) groups is 1. The molecule has 128 valence electrons. The molecule has 0 spiro atoms. The van der Waals surface area contributed by atoms with E-state index < -0.39 is 15.7 Å². The Morgan fingerprint density at radius 3 is 2.76 bits per heavy atom. The summed E-state index contributed by atoms with van der Waals surface area (Å²) in [4.78, 5) is 16.8. The molecule has 1 aromatic heterocycles. The second kappa shape index (κ2) is 6.82. The number of aromatic nitrogens is 1. The Hall–Kier alpha value is -2.44. The molecule has 25 heavy (non-hydrogen) atoms. The Morgan fingerprint density at radius 1 is 1.20 bits per heavy atom. The summed E-state index contributed by atoms with van der Waals surface area (Å²) in [6.45, 7) is 1.53. The Morgan fingerprint density at radius 2 is 2.00 bits per heavy atom. The molecule has 0 bridgehead atoms. The first-order chi connectivity index (χ1) is 11.9. The fourth-order valence-electron chi connectivity index (χ4n) is 2.52. The number of amides is 1. The van der Waals surface area contributed by atoms with Gasteiger partial charge in [0.1, 0.15) is 0 Å². The van der Waals surface area contributed by atoms with Gasteiger partial charge in [-0.2, -0.15) is 0 Å². The van der Waals surface area contributed by atoms with E-state index in [1.54, 1.807) is 24.5 Å². The number of benzene rings is 2. The van der Waals surface area contributed by atoms with Crippen LogP contribution < -0.4 is 5.32 Å². The minimum atomic E-state index is -3.56. The number of hydrogen-bond acceptors (Lipinski definition) is 4. The average Bonchev–Trinajstić information content (AvgIpc) is 2.61. The van der Waals surface area contributed by atoms with E-state index in [1.165, 1.54) is 25.1 Å². The van der Waals surface area contributed by atoms with Gasteiger partial charge < -0.3 is 5.32 Å². The molecule has 7 heteroatoms. The number of fused-ring (bicyclic) bond motifs is 1. The molecule has 0 atom stereocenters. The summed E-state index contributed by atoms with van der Waals surface area (Å²) in [5.74, 6) is -0.640. The predicted octanol–water partition coefficient (Wildman–Crippen LogP) is 3.93. The van der Waals surface area contributed by atoms with Crippen molar-refractivity contribution in [1.82, 2.24) is 4.98 Å². The Balaban J connectivity index is 2.06. The van der Waals surface area contributed by atoms with E-state index in [2.05, 4.69) is 10.3 Å². The molecule has 1 heterocycles. The lowest BCUT2D eigenvalue weighted by atomic mass is 10.1. The van der Waals surface area contributed by atoms with Crippen LogP contribution in [0.3, 0.4) is 0 Å². The predicted molar refractivity (Wildman–Crippen MR) is 98.9 cm³/mol. The standard InChI is InChI=1S/C18H15ClN2O3S/c1-2-25(23,24)17-7-6-13(19)10-14(17)18(22)21-16-5-3-4-12-8-9-20-11-15(12)16/h3-11H,2H2,1H3,(H,21,22). The number of carbonyl (C=O) groups excluding carboxylic acids is 1. The van der Waals surface area contributed by atoms with E-state index >= 15 is 0 Å². The van der Waals surface area contributed by atoms with Crippen molar-refractivity contribution < 1.29 is 13.2 Å². The Kier molecular flexibility index (Phi) is 4.74. The van der Waals surface area contributed by atoms with Crippen LogP contribution in [0.2, 0.25) is 5.02 Å². The van der Waals surface area contributed by atoms with Gasteiger partial charge in [-0.15, -0.1) is 0 Å². The lowest BCUT2D eigenvalue weighted by Crippen LogP contribution is -2.17. The molecule has 0 aliphatic carbocycles. The number of anilines is 1. The van der Waals surface area contributed by atoms with Gasteiger partial charge in [-0.3, -0.25) is 9.78 Å². The highest BCUT2D eigenvalue weighted by molar-refractivity contribution is 7.91. The third-order valence-electron chi connectivity index (χ3n) is 3.83. The fourth-order valence-corrected chi connectivity index (χ4v) is 3.76. The van der Waals surface area contributed by atoms with Crippen molar-refractivity contribution in [2.75, 3.05) is 11.1 Å². The van der Waals surface area contributed by atoms with Crippen LogP contribution >= 0.6 is 11.6 Å². The zero-order valence-corrected chi connectivity index (χ0v) is 14.9. The van der Waals surface area contributed by atoms with Gasteiger partial charge in [0, 0.05) is 22.8 Å². The number of nitrogens with zero attached hydrogens (tertiary/aromatic N) is 1. The van der Waals surface area contributed by atoms with Crippen LogP contribution in [0.15, 0.2) is 59.8 Å². The van der Waals surface area contributed by atoms with Crippen LogP contribution in [0.25, 0.3) is 10.8 Å². The van der Waals surface area contributed by atoms with Crippen molar-refractivity contribution in [2.24, 2.45) is 0 Å². The Bertz CT molecular complexity index is 1060. The van der Waals surface area contributed by atoms with Gasteiger partial charge in [-0.25, -0.2) is 8.42 Å². The largest absolute Gasteiger partial charge is 0.321 e. The lowest BCUT2D eigenvalue weighted by molar-refractivity contribution is 0.102. The zero-order valence-electron chi connectivity index (χ0n) is 13.4. The molecule has 1 N–H and O–H groups in total. The van der Waals surface area contributed by atoms with Crippen molar-refractivity contribution >= 4 is 43.8 Å². The Labute approximate surface area is 150 Å². The third kappa shape index (κ3) is 3.50. The molecule has 2 aromatic carbocycles. The molecular weight excluding hydrogens is 360 g/mol. The van der Waals surface area contributed by atoms with Gasteiger partial charge in [0.05, 0.1) is 21.9 Å². The molecule has 0 aliphatic rings. The number of hydrogen-bond donors (Lipinski definition) is 1. The van der Waals surface area contributed by atoms with Gasteiger partial charge in [0.2, 0.25) is 0 Å². The number of halogens is 1. The molecule has 0 unspecified atom stereocenters. The van der Waals surface area contributed by atoms with Crippen molar-refractivity contribution in [1.29, 1.82) is 0 Å². The topological polar surface area (TPSA) is 76.1 Å². The van der Waals surface area contributed by atoms with E-state index in [9.17, 15) is 13.2 Å². The van der Waals surface area contributed by atoms with Crippen molar-refractivity contribution in [3.05, 3.63) is 65.4 Å². The van der Waals surface area contributed by atoms with E-state index in [-0.39, 0.29) is 16.2 Å². The van der Waals surface area contributed by atoms with Crippen molar-refractivity contribution in [2.45, 2.75) is 11.8 Å². The van der Waals surface area contributed by atoms with Crippen molar-refractivity contribution in [3.63, 3.8) is 0 Å². The second-order valence-electron chi connectivity index (χ2n) is 5.40. The summed E-state index contributed by atoms with van der Waals surface area (Å²) >= 11 is 5.97. The van der Waals surface area contributed by atoms with E-state index in [0.717, 1.165) is 10.8 Å². The van der Waals surface area contributed by atoms with E-state index in [0.29, 0.717) is 10.7 Å². The monoisotopic (exact) mass is 374 g/mol. The lowest BCUT2D eigenvalue weighted by Gasteiger charge is -2.12. The minimum absolute atomic E-state index is 0.0234. The smallest absolute Gasteiger partial charge is 0.257 e. The summed E-state index contributed by atoms with van der Waals surface area (Å²) < 4.78 is 24.5. The second-order valence-corrected chi connectivity index (χ2v) is 8.08.